The first-order chi connectivity index (χ1) is 7.89. The van der Waals surface area contributed by atoms with Gasteiger partial charge >= 0.3 is 0 Å². The third-order valence-corrected chi connectivity index (χ3v) is 3.07. The minimum absolute atomic E-state index is 0.0529. The first-order valence-corrected chi connectivity index (χ1v) is 6.37. The van der Waals surface area contributed by atoms with E-state index in [-0.39, 0.29) is 5.41 Å². The van der Waals surface area contributed by atoms with Crippen LogP contribution in [0.5, 0.6) is 0 Å². The van der Waals surface area contributed by atoms with Gasteiger partial charge in [-0.15, -0.1) is 0 Å². The van der Waals surface area contributed by atoms with Crippen LogP contribution in [-0.2, 0) is 23.2 Å². The Bertz CT molecular complexity index is 419. The molecule has 17 heavy (non-hydrogen) atoms. The zero-order valence-corrected chi connectivity index (χ0v) is 11.5. The van der Waals surface area contributed by atoms with Gasteiger partial charge in [-0.05, 0) is 0 Å². The highest BCUT2D eigenvalue weighted by molar-refractivity contribution is 5.32. The Morgan fingerprint density at radius 2 is 1.88 bits per heavy atom. The Morgan fingerprint density at radius 3 is 2.47 bits per heavy atom. The van der Waals surface area contributed by atoms with Crippen molar-refractivity contribution in [1.29, 1.82) is 0 Å². The van der Waals surface area contributed by atoms with Crippen LogP contribution in [0.15, 0.2) is 0 Å². The number of rotatable bonds is 1. The number of hydrogen-bond acceptors (Lipinski definition) is 3. The number of aromatic nitrogens is 2. The topological polar surface area (TPSA) is 35.0 Å². The zero-order chi connectivity index (χ0) is 12.6. The van der Waals surface area contributed by atoms with Crippen LogP contribution in [0.25, 0.3) is 0 Å². The molecule has 3 heteroatoms. The van der Waals surface area contributed by atoms with Crippen LogP contribution < -0.4 is 0 Å². The second kappa shape index (κ2) is 4.37. The molecule has 2 rings (SSSR count). The molecular formula is C14H22N2O. The molecule has 0 atom stereocenters. The Kier molecular flexibility index (Phi) is 3.21. The second-order valence-electron chi connectivity index (χ2n) is 6.06. The molecule has 0 saturated carbocycles. The lowest BCUT2D eigenvalue weighted by atomic mass is 9.87. The monoisotopic (exact) mass is 234 g/mol. The highest BCUT2D eigenvalue weighted by Crippen LogP contribution is 2.29. The standard InChI is InChI=1S/C14H22N2O/c1-9(2)13-15-11-6-7-17-8-10(11)12(16-13)14(3,4)5/h9H,6-8H2,1-5H3. The van der Waals surface area contributed by atoms with E-state index >= 15 is 0 Å². The zero-order valence-electron chi connectivity index (χ0n) is 11.5. The van der Waals surface area contributed by atoms with E-state index in [1.165, 1.54) is 11.3 Å². The summed E-state index contributed by atoms with van der Waals surface area (Å²) in [5.74, 6) is 1.35. The quantitative estimate of drug-likeness (QED) is 0.749. The van der Waals surface area contributed by atoms with E-state index in [1.807, 2.05) is 0 Å². The van der Waals surface area contributed by atoms with E-state index in [0.29, 0.717) is 12.5 Å². The smallest absolute Gasteiger partial charge is 0.131 e. The van der Waals surface area contributed by atoms with Gasteiger partial charge in [-0.3, -0.25) is 0 Å². The van der Waals surface area contributed by atoms with Crippen molar-refractivity contribution in [3.05, 3.63) is 22.8 Å². The van der Waals surface area contributed by atoms with Crippen LogP contribution in [0, 0.1) is 0 Å². The third-order valence-electron chi connectivity index (χ3n) is 3.07. The van der Waals surface area contributed by atoms with Crippen molar-refractivity contribution in [2.75, 3.05) is 6.61 Å². The van der Waals surface area contributed by atoms with E-state index in [0.717, 1.165) is 24.5 Å². The summed E-state index contributed by atoms with van der Waals surface area (Å²) in [4.78, 5) is 9.46. The number of nitrogens with zero attached hydrogens (tertiary/aromatic N) is 2. The summed E-state index contributed by atoms with van der Waals surface area (Å²) in [6.07, 6.45) is 0.917. The van der Waals surface area contributed by atoms with Crippen molar-refractivity contribution in [2.24, 2.45) is 0 Å². The van der Waals surface area contributed by atoms with Crippen molar-refractivity contribution in [2.45, 2.75) is 59.0 Å². The SMILES string of the molecule is CC(C)c1nc2c(c(C(C)(C)C)n1)COCC2. The van der Waals surface area contributed by atoms with Crippen molar-refractivity contribution >= 4 is 0 Å². The molecule has 3 nitrogen and oxygen atoms in total. The van der Waals surface area contributed by atoms with Gasteiger partial charge < -0.3 is 4.74 Å². The van der Waals surface area contributed by atoms with Crippen LogP contribution in [0.4, 0.5) is 0 Å². The number of hydrogen-bond donors (Lipinski definition) is 0. The lowest BCUT2D eigenvalue weighted by Gasteiger charge is -2.27. The average molecular weight is 234 g/mol. The van der Waals surface area contributed by atoms with Crippen LogP contribution in [0.2, 0.25) is 0 Å². The summed E-state index contributed by atoms with van der Waals surface area (Å²) in [5.41, 5.74) is 3.62. The molecule has 1 aliphatic heterocycles. The lowest BCUT2D eigenvalue weighted by molar-refractivity contribution is 0.107. The maximum atomic E-state index is 5.55. The molecule has 0 N–H and O–H groups in total. The number of ether oxygens (including phenoxy) is 1. The van der Waals surface area contributed by atoms with E-state index in [2.05, 4.69) is 34.6 Å². The van der Waals surface area contributed by atoms with E-state index in [1.54, 1.807) is 0 Å². The van der Waals surface area contributed by atoms with Gasteiger partial charge in [0.1, 0.15) is 5.82 Å². The van der Waals surface area contributed by atoms with E-state index in [9.17, 15) is 0 Å². The maximum absolute atomic E-state index is 5.55. The van der Waals surface area contributed by atoms with Gasteiger partial charge in [-0.1, -0.05) is 34.6 Å². The Morgan fingerprint density at radius 1 is 1.18 bits per heavy atom. The van der Waals surface area contributed by atoms with Gasteiger partial charge in [-0.25, -0.2) is 9.97 Å². The fourth-order valence-electron chi connectivity index (χ4n) is 2.13. The molecule has 0 saturated heterocycles. The minimum Gasteiger partial charge on any atom is -0.376 e. The summed E-state index contributed by atoms with van der Waals surface area (Å²) in [6.45, 7) is 12.4. The third kappa shape index (κ3) is 2.49. The van der Waals surface area contributed by atoms with Crippen LogP contribution >= 0.6 is 0 Å². The fourth-order valence-corrected chi connectivity index (χ4v) is 2.13. The van der Waals surface area contributed by atoms with Crippen molar-refractivity contribution in [1.82, 2.24) is 9.97 Å². The normalized spacial score (nSPS) is 16.1. The second-order valence-corrected chi connectivity index (χ2v) is 6.06. The fraction of sp³-hybridized carbons (Fsp3) is 0.714. The molecule has 0 aliphatic carbocycles. The predicted molar refractivity (Wildman–Crippen MR) is 68.2 cm³/mol. The first-order valence-electron chi connectivity index (χ1n) is 6.37. The van der Waals surface area contributed by atoms with E-state index in [4.69, 9.17) is 14.7 Å². The summed E-state index contributed by atoms with van der Waals surface area (Å²) in [5, 5.41) is 0. The molecule has 0 spiro atoms. The molecule has 0 aromatic carbocycles. The minimum atomic E-state index is 0.0529. The highest BCUT2D eigenvalue weighted by atomic mass is 16.5. The van der Waals surface area contributed by atoms with Gasteiger partial charge in [0.15, 0.2) is 0 Å². The van der Waals surface area contributed by atoms with Gasteiger partial charge in [0.2, 0.25) is 0 Å². The molecule has 1 aliphatic rings. The maximum Gasteiger partial charge on any atom is 0.131 e. The van der Waals surface area contributed by atoms with Crippen LogP contribution in [-0.4, -0.2) is 16.6 Å². The molecule has 0 bridgehead atoms. The molecule has 0 radical (unpaired) electrons. The molecular weight excluding hydrogens is 212 g/mol. The Labute approximate surface area is 104 Å². The average Bonchev–Trinajstić information content (AvgIpc) is 2.26. The van der Waals surface area contributed by atoms with Crippen LogP contribution in [0.1, 0.15) is 63.3 Å². The van der Waals surface area contributed by atoms with Crippen molar-refractivity contribution < 1.29 is 4.74 Å². The Balaban J connectivity index is 2.58. The summed E-state index contributed by atoms with van der Waals surface area (Å²) in [6, 6.07) is 0. The van der Waals surface area contributed by atoms with E-state index < -0.39 is 0 Å². The largest absolute Gasteiger partial charge is 0.376 e. The summed E-state index contributed by atoms with van der Waals surface area (Å²) in [7, 11) is 0. The van der Waals surface area contributed by atoms with Gasteiger partial charge in [0, 0.05) is 23.3 Å². The molecule has 0 fully saturated rings. The van der Waals surface area contributed by atoms with Gasteiger partial charge in [0.25, 0.3) is 0 Å². The predicted octanol–water partition coefficient (Wildman–Crippen LogP) is 2.97. The van der Waals surface area contributed by atoms with Gasteiger partial charge in [0.05, 0.1) is 24.6 Å². The van der Waals surface area contributed by atoms with Crippen LogP contribution in [0.3, 0.4) is 0 Å². The molecule has 94 valence electrons. The molecule has 1 aromatic heterocycles. The molecule has 0 unspecified atom stereocenters. The van der Waals surface area contributed by atoms with Crippen molar-refractivity contribution in [3.8, 4) is 0 Å². The first kappa shape index (κ1) is 12.5. The lowest BCUT2D eigenvalue weighted by Crippen LogP contribution is -2.24. The molecule has 1 aromatic rings. The highest BCUT2D eigenvalue weighted by Gasteiger charge is 2.26. The number of fused-ring (bicyclic) bond motifs is 1. The Hall–Kier alpha value is -0.960. The van der Waals surface area contributed by atoms with Gasteiger partial charge in [-0.2, -0.15) is 0 Å². The summed E-state index contributed by atoms with van der Waals surface area (Å²) >= 11 is 0. The van der Waals surface area contributed by atoms with Crippen molar-refractivity contribution in [3.63, 3.8) is 0 Å². The summed E-state index contributed by atoms with van der Waals surface area (Å²) < 4.78 is 5.55. The molecule has 0 amide bonds. The molecule has 2 heterocycles.